The summed E-state index contributed by atoms with van der Waals surface area (Å²) in [6, 6.07) is 11.4. The van der Waals surface area contributed by atoms with Crippen LogP contribution in [0.3, 0.4) is 0 Å². The Kier molecular flexibility index (Phi) is 10.7. The molecule has 1 N–H and O–H groups in total. The molecule has 0 radical (unpaired) electrons. The Morgan fingerprint density at radius 3 is 2.36 bits per heavy atom. The Bertz CT molecular complexity index is 1270. The van der Waals surface area contributed by atoms with Crippen molar-refractivity contribution in [2.45, 2.75) is 78.0 Å². The largest absolute Gasteiger partial charge is 0.474 e. The van der Waals surface area contributed by atoms with Gasteiger partial charge in [-0.15, -0.1) is 6.58 Å². The minimum Gasteiger partial charge on any atom is -0.474 e. The zero-order valence-electron chi connectivity index (χ0n) is 25.6. The van der Waals surface area contributed by atoms with E-state index in [9.17, 15) is 14.4 Å². The van der Waals surface area contributed by atoms with Crippen molar-refractivity contribution >= 4 is 17.8 Å². The molecule has 1 heterocycles. The quantitative estimate of drug-likeness (QED) is 0.298. The fourth-order valence-corrected chi connectivity index (χ4v) is 5.07. The van der Waals surface area contributed by atoms with Crippen molar-refractivity contribution in [1.82, 2.24) is 15.3 Å². The summed E-state index contributed by atoms with van der Waals surface area (Å²) in [7, 11) is 1.47. The van der Waals surface area contributed by atoms with Gasteiger partial charge in [0.15, 0.2) is 0 Å². The third-order valence-electron chi connectivity index (χ3n) is 7.07. The van der Waals surface area contributed by atoms with Gasteiger partial charge in [-0.25, -0.2) is 4.79 Å². The van der Waals surface area contributed by atoms with E-state index in [0.717, 1.165) is 5.56 Å². The number of carbonyl (C=O) groups is 3. The van der Waals surface area contributed by atoms with Gasteiger partial charge in [-0.3, -0.25) is 9.59 Å². The summed E-state index contributed by atoms with van der Waals surface area (Å²) in [5.41, 5.74) is -0.442. The minimum atomic E-state index is -1.17. The molecule has 4 rings (SSSR count). The summed E-state index contributed by atoms with van der Waals surface area (Å²) in [6.07, 6.45) is 1.96. The molecular weight excluding hydrogens is 538 g/mol. The van der Waals surface area contributed by atoms with Gasteiger partial charge in [0.2, 0.25) is 11.8 Å². The van der Waals surface area contributed by atoms with E-state index in [2.05, 4.69) is 21.9 Å². The Morgan fingerprint density at radius 1 is 1.12 bits per heavy atom. The van der Waals surface area contributed by atoms with E-state index in [1.165, 1.54) is 7.11 Å². The molecule has 230 valence electrons. The Labute approximate surface area is 249 Å². The average molecular weight is 584 g/mol. The first-order valence-corrected chi connectivity index (χ1v) is 14.5. The van der Waals surface area contributed by atoms with Crippen LogP contribution in [0, 0.1) is 17.8 Å². The second-order valence-electron chi connectivity index (χ2n) is 11.1. The van der Waals surface area contributed by atoms with Crippen molar-refractivity contribution < 1.29 is 34.8 Å². The SMILES string of the molecule is C=C[C@@H]1C[C@]1(NC(=O)[C@@H]1C[C@@H](Oc2cc(-c3ccccc3)nc(OC)n2)C[C@H]1C(=O)OC(C)(C)C)C(=O)OCC.CC.[HH]. The summed E-state index contributed by atoms with van der Waals surface area (Å²) < 4.78 is 22.4. The zero-order chi connectivity index (χ0) is 31.1. The first-order chi connectivity index (χ1) is 20.0. The first kappa shape index (κ1) is 32.6. The van der Waals surface area contributed by atoms with Crippen molar-refractivity contribution in [3.63, 3.8) is 0 Å². The lowest BCUT2D eigenvalue weighted by Gasteiger charge is -2.25. The lowest BCUT2D eigenvalue weighted by Crippen LogP contribution is -2.49. The molecule has 42 heavy (non-hydrogen) atoms. The van der Waals surface area contributed by atoms with E-state index in [4.69, 9.17) is 18.9 Å². The molecule has 1 amide bonds. The number of benzene rings is 1. The molecule has 10 nitrogen and oxygen atoms in total. The fraction of sp³-hybridized carbons (Fsp3) is 0.531. The molecule has 0 aliphatic heterocycles. The van der Waals surface area contributed by atoms with Gasteiger partial charge in [0.1, 0.15) is 17.2 Å². The summed E-state index contributed by atoms with van der Waals surface area (Å²) in [4.78, 5) is 48.3. The first-order valence-electron chi connectivity index (χ1n) is 14.5. The smallest absolute Gasteiger partial charge is 0.332 e. The number of ether oxygens (including phenoxy) is 4. The number of nitrogens with zero attached hydrogens (tertiary/aromatic N) is 2. The maximum absolute atomic E-state index is 13.6. The van der Waals surface area contributed by atoms with Gasteiger partial charge in [-0.1, -0.05) is 50.3 Å². The second-order valence-corrected chi connectivity index (χ2v) is 11.1. The van der Waals surface area contributed by atoms with Gasteiger partial charge in [0, 0.05) is 19.0 Å². The summed E-state index contributed by atoms with van der Waals surface area (Å²) >= 11 is 0. The maximum Gasteiger partial charge on any atom is 0.332 e. The molecule has 0 saturated heterocycles. The number of hydrogen-bond acceptors (Lipinski definition) is 9. The van der Waals surface area contributed by atoms with Gasteiger partial charge in [-0.05, 0) is 47.0 Å². The molecule has 1 aromatic heterocycles. The van der Waals surface area contributed by atoms with Crippen LogP contribution in [-0.2, 0) is 23.9 Å². The maximum atomic E-state index is 13.6. The van der Waals surface area contributed by atoms with E-state index in [1.54, 1.807) is 39.8 Å². The van der Waals surface area contributed by atoms with Gasteiger partial charge in [-0.2, -0.15) is 9.97 Å². The highest BCUT2D eigenvalue weighted by Crippen LogP contribution is 2.46. The minimum absolute atomic E-state index is 0. The van der Waals surface area contributed by atoms with Crippen LogP contribution < -0.4 is 14.8 Å². The molecule has 2 aliphatic rings. The molecule has 0 bridgehead atoms. The summed E-state index contributed by atoms with van der Waals surface area (Å²) in [6.45, 7) is 15.0. The number of carbonyl (C=O) groups excluding carboxylic acids is 3. The number of amides is 1. The van der Waals surface area contributed by atoms with Crippen molar-refractivity contribution in [3.05, 3.63) is 49.1 Å². The number of esters is 2. The van der Waals surface area contributed by atoms with E-state index < -0.39 is 46.9 Å². The number of aromatic nitrogens is 2. The molecule has 0 unspecified atom stereocenters. The van der Waals surface area contributed by atoms with Crippen molar-refractivity contribution in [2.75, 3.05) is 13.7 Å². The summed E-state index contributed by atoms with van der Waals surface area (Å²) in [5, 5.41) is 2.88. The molecular formula is C32H45N3O7. The van der Waals surface area contributed by atoms with Gasteiger partial charge >= 0.3 is 17.9 Å². The number of rotatable bonds is 10. The van der Waals surface area contributed by atoms with E-state index in [-0.39, 0.29) is 38.7 Å². The molecule has 2 aliphatic carbocycles. The molecule has 5 atom stereocenters. The predicted molar refractivity (Wildman–Crippen MR) is 160 cm³/mol. The second kappa shape index (κ2) is 13.8. The monoisotopic (exact) mass is 583 g/mol. The molecule has 10 heteroatoms. The van der Waals surface area contributed by atoms with Crippen LogP contribution in [-0.4, -0.2) is 58.8 Å². The topological polar surface area (TPSA) is 126 Å². The van der Waals surface area contributed by atoms with Crippen LogP contribution in [0.1, 0.15) is 62.2 Å². The Hall–Kier alpha value is -3.95. The molecule has 2 aromatic rings. The van der Waals surface area contributed by atoms with Crippen LogP contribution >= 0.6 is 0 Å². The predicted octanol–water partition coefficient (Wildman–Crippen LogP) is 5.16. The fourth-order valence-electron chi connectivity index (χ4n) is 5.07. The van der Waals surface area contributed by atoms with Crippen molar-refractivity contribution in [3.8, 4) is 23.1 Å². The van der Waals surface area contributed by atoms with Gasteiger partial charge in [0.05, 0.1) is 31.2 Å². The highest BCUT2D eigenvalue weighted by atomic mass is 16.6. The van der Waals surface area contributed by atoms with Crippen LogP contribution in [0.5, 0.6) is 11.9 Å². The Balaban J connectivity index is 0.00000211. The lowest BCUT2D eigenvalue weighted by atomic mass is 9.94. The standard InChI is InChI=1S/C30H37N3O7.C2H6.H2/c1-7-19-17-30(19,27(36)38-8-2)33-25(34)21-14-20(15-22(21)26(35)40-29(3,4)5)39-24-16-23(31-28(32-24)37-6)18-12-10-9-11-13-18;1-2;/h7,9-13,16,19-22H,1,8,14-15,17H2,2-6H3,(H,33,34);1-2H3;1H/t19-,20-,21-,22-,30-;;/m1../s1. The highest BCUT2D eigenvalue weighted by Gasteiger charge is 2.62. The van der Waals surface area contributed by atoms with Gasteiger partial charge in [0.25, 0.3) is 0 Å². The summed E-state index contributed by atoms with van der Waals surface area (Å²) in [5.74, 6) is -2.97. The number of methoxy groups -OCH3 is 1. The van der Waals surface area contributed by atoms with Crippen molar-refractivity contribution in [2.24, 2.45) is 17.8 Å². The van der Waals surface area contributed by atoms with E-state index in [1.807, 2.05) is 44.2 Å². The molecule has 1 aromatic carbocycles. The van der Waals surface area contributed by atoms with Crippen molar-refractivity contribution in [1.29, 1.82) is 0 Å². The van der Waals surface area contributed by atoms with Crippen LogP contribution in [0.15, 0.2) is 49.1 Å². The third-order valence-corrected chi connectivity index (χ3v) is 7.07. The average Bonchev–Trinajstić information content (AvgIpc) is 3.52. The van der Waals surface area contributed by atoms with E-state index in [0.29, 0.717) is 12.1 Å². The molecule has 2 fully saturated rings. The number of nitrogens with one attached hydrogen (secondary N) is 1. The third kappa shape index (κ3) is 7.66. The lowest BCUT2D eigenvalue weighted by molar-refractivity contribution is -0.163. The van der Waals surface area contributed by atoms with Crippen LogP contribution in [0.4, 0.5) is 0 Å². The van der Waals surface area contributed by atoms with Gasteiger partial charge < -0.3 is 24.3 Å². The molecule has 0 spiro atoms. The van der Waals surface area contributed by atoms with Crippen LogP contribution in [0.25, 0.3) is 11.3 Å². The normalized spacial score (nSPS) is 24.4. The van der Waals surface area contributed by atoms with Crippen LogP contribution in [0.2, 0.25) is 0 Å². The number of hydrogen-bond donors (Lipinski definition) is 1. The molecule has 2 saturated carbocycles. The zero-order valence-corrected chi connectivity index (χ0v) is 25.6. The highest BCUT2D eigenvalue weighted by molar-refractivity contribution is 5.94. The van der Waals surface area contributed by atoms with E-state index >= 15 is 0 Å². The Morgan fingerprint density at radius 2 is 1.79 bits per heavy atom.